The van der Waals surface area contributed by atoms with Gasteiger partial charge in [-0.15, -0.1) is 0 Å². The van der Waals surface area contributed by atoms with Crippen molar-refractivity contribution in [1.82, 2.24) is 5.43 Å². The first-order valence-electron chi connectivity index (χ1n) is 10.2. The Hall–Kier alpha value is -3.08. The molecule has 0 saturated heterocycles. The Morgan fingerprint density at radius 1 is 1.11 bits per heavy atom. The van der Waals surface area contributed by atoms with Gasteiger partial charge in [0, 0.05) is 5.02 Å². The van der Waals surface area contributed by atoms with Crippen molar-refractivity contribution in [2.24, 2.45) is 5.10 Å². The molecule has 0 radical (unpaired) electrons. The monoisotopic (exact) mass is 579 g/mol. The summed E-state index contributed by atoms with van der Waals surface area (Å²) < 4.78 is 39.0. The van der Waals surface area contributed by atoms with Gasteiger partial charge in [0.05, 0.1) is 35.5 Å². The van der Waals surface area contributed by atoms with Gasteiger partial charge in [-0.25, -0.2) is 13.8 Å². The Kier molecular flexibility index (Phi) is 8.76. The van der Waals surface area contributed by atoms with Crippen LogP contribution in [0.2, 0.25) is 5.02 Å². The number of hydrogen-bond acceptors (Lipinski definition) is 6. The molecule has 0 unspecified atom stereocenters. The van der Waals surface area contributed by atoms with Gasteiger partial charge >= 0.3 is 0 Å². The smallest absolute Gasteiger partial charge is 0.264 e. The summed E-state index contributed by atoms with van der Waals surface area (Å²) in [6.45, 7) is 1.34. The molecule has 3 rings (SSSR count). The molecule has 0 aliphatic rings. The number of nitrogens with one attached hydrogen (secondary N) is 1. The summed E-state index contributed by atoms with van der Waals surface area (Å²) in [4.78, 5) is 12.8. The number of amides is 1. The van der Waals surface area contributed by atoms with Crippen LogP contribution in [0, 0.1) is 6.92 Å². The van der Waals surface area contributed by atoms with Gasteiger partial charge in [-0.2, -0.15) is 5.10 Å². The van der Waals surface area contributed by atoms with E-state index in [1.807, 2.05) is 6.92 Å². The third-order valence-electron chi connectivity index (χ3n) is 4.85. The number of hydrazone groups is 1. The molecule has 0 bridgehead atoms. The highest BCUT2D eigenvalue weighted by Crippen LogP contribution is 2.35. The Balaban J connectivity index is 1.84. The van der Waals surface area contributed by atoms with Gasteiger partial charge in [0.15, 0.2) is 11.5 Å². The maximum absolute atomic E-state index is 13.4. The fourth-order valence-electron chi connectivity index (χ4n) is 3.14. The zero-order chi connectivity index (χ0) is 25.6. The number of ether oxygens (including phenoxy) is 2. The maximum Gasteiger partial charge on any atom is 0.264 e. The summed E-state index contributed by atoms with van der Waals surface area (Å²) >= 11 is 9.48. The van der Waals surface area contributed by atoms with Crippen LogP contribution >= 0.6 is 27.5 Å². The summed E-state index contributed by atoms with van der Waals surface area (Å²) in [6, 6.07) is 16.0. The number of carbonyl (C=O) groups excluding carboxylic acids is 1. The quantitative estimate of drug-likeness (QED) is 0.290. The SMILES string of the molecule is COc1cc(/C=N\NC(=O)CN(c2cccc(Cl)c2)S(=O)(=O)c2ccc(C)cc2)cc(Br)c1OC. The minimum absolute atomic E-state index is 0.0505. The van der Waals surface area contributed by atoms with Crippen molar-refractivity contribution >= 4 is 55.4 Å². The van der Waals surface area contributed by atoms with Crippen LogP contribution in [0.1, 0.15) is 11.1 Å². The molecular weight excluding hydrogens is 558 g/mol. The van der Waals surface area contributed by atoms with Gasteiger partial charge in [0.2, 0.25) is 0 Å². The third kappa shape index (κ3) is 6.53. The van der Waals surface area contributed by atoms with E-state index >= 15 is 0 Å². The summed E-state index contributed by atoms with van der Waals surface area (Å²) in [6.07, 6.45) is 1.41. The van der Waals surface area contributed by atoms with Crippen molar-refractivity contribution in [3.63, 3.8) is 0 Å². The molecule has 0 heterocycles. The molecule has 3 aromatic carbocycles. The molecule has 0 aromatic heterocycles. The van der Waals surface area contributed by atoms with E-state index in [0.29, 0.717) is 26.6 Å². The lowest BCUT2D eigenvalue weighted by molar-refractivity contribution is -0.119. The van der Waals surface area contributed by atoms with Gasteiger partial charge in [-0.3, -0.25) is 9.10 Å². The van der Waals surface area contributed by atoms with Gasteiger partial charge in [-0.1, -0.05) is 35.4 Å². The molecule has 11 heteroatoms. The van der Waals surface area contributed by atoms with Gasteiger partial charge in [-0.05, 0) is 70.9 Å². The number of aryl methyl sites for hydroxylation is 1. The summed E-state index contributed by atoms with van der Waals surface area (Å²) in [7, 11) is -1.03. The van der Waals surface area contributed by atoms with E-state index < -0.39 is 22.5 Å². The second-order valence-electron chi connectivity index (χ2n) is 7.34. The van der Waals surface area contributed by atoms with E-state index in [-0.39, 0.29) is 10.6 Å². The standard InChI is InChI=1S/C24H23BrClN3O5S/c1-16-7-9-20(10-8-16)35(31,32)29(19-6-4-5-18(26)13-19)15-23(30)28-27-14-17-11-21(25)24(34-3)22(12-17)33-2/h4-14H,15H2,1-3H3,(H,28,30)/b27-14-. The average Bonchev–Trinajstić information content (AvgIpc) is 2.82. The molecule has 0 aliphatic carbocycles. The lowest BCUT2D eigenvalue weighted by atomic mass is 10.2. The summed E-state index contributed by atoms with van der Waals surface area (Å²) in [5.41, 5.74) is 4.15. The molecule has 1 amide bonds. The highest BCUT2D eigenvalue weighted by atomic mass is 79.9. The van der Waals surface area contributed by atoms with Crippen LogP contribution in [0.15, 0.2) is 75.1 Å². The summed E-state index contributed by atoms with van der Waals surface area (Å²) in [5, 5.41) is 4.29. The van der Waals surface area contributed by atoms with Crippen molar-refractivity contribution in [2.75, 3.05) is 25.1 Å². The van der Waals surface area contributed by atoms with E-state index in [4.69, 9.17) is 21.1 Å². The van der Waals surface area contributed by atoms with E-state index in [0.717, 1.165) is 9.87 Å². The Morgan fingerprint density at radius 3 is 2.46 bits per heavy atom. The van der Waals surface area contributed by atoms with Crippen LogP contribution in [0.25, 0.3) is 0 Å². The Morgan fingerprint density at radius 2 is 1.83 bits per heavy atom. The highest BCUT2D eigenvalue weighted by molar-refractivity contribution is 9.10. The van der Waals surface area contributed by atoms with Gasteiger partial charge < -0.3 is 9.47 Å². The molecule has 1 N–H and O–H groups in total. The molecule has 0 spiro atoms. The van der Waals surface area contributed by atoms with Crippen LogP contribution in [-0.4, -0.2) is 41.3 Å². The van der Waals surface area contributed by atoms with Crippen molar-refractivity contribution < 1.29 is 22.7 Å². The zero-order valence-corrected chi connectivity index (χ0v) is 22.3. The van der Waals surface area contributed by atoms with E-state index in [1.165, 1.54) is 38.6 Å². The first-order chi connectivity index (χ1) is 16.6. The average molecular weight is 581 g/mol. The molecule has 0 saturated carbocycles. The van der Waals surface area contributed by atoms with Crippen molar-refractivity contribution in [1.29, 1.82) is 0 Å². The lowest BCUT2D eigenvalue weighted by Crippen LogP contribution is -2.39. The molecule has 0 fully saturated rings. The highest BCUT2D eigenvalue weighted by Gasteiger charge is 2.27. The summed E-state index contributed by atoms with van der Waals surface area (Å²) in [5.74, 6) is 0.356. The number of rotatable bonds is 9. The van der Waals surface area contributed by atoms with Crippen LogP contribution in [0.5, 0.6) is 11.5 Å². The fourth-order valence-corrected chi connectivity index (χ4v) is 5.36. The van der Waals surface area contributed by atoms with Crippen molar-refractivity contribution in [3.05, 3.63) is 81.3 Å². The normalized spacial score (nSPS) is 11.3. The Labute approximate surface area is 217 Å². The second-order valence-corrected chi connectivity index (χ2v) is 10.5. The maximum atomic E-state index is 13.4. The number of sulfonamides is 1. The van der Waals surface area contributed by atoms with Gasteiger partial charge in [0.1, 0.15) is 6.54 Å². The van der Waals surface area contributed by atoms with E-state index in [2.05, 4.69) is 26.5 Å². The first kappa shape index (κ1) is 26.5. The number of hydrogen-bond donors (Lipinski definition) is 1. The number of methoxy groups -OCH3 is 2. The topological polar surface area (TPSA) is 97.3 Å². The lowest BCUT2D eigenvalue weighted by Gasteiger charge is -2.24. The zero-order valence-electron chi connectivity index (χ0n) is 19.2. The molecule has 35 heavy (non-hydrogen) atoms. The predicted molar refractivity (Wildman–Crippen MR) is 140 cm³/mol. The molecular formula is C24H23BrClN3O5S. The number of nitrogens with zero attached hydrogens (tertiary/aromatic N) is 2. The van der Waals surface area contributed by atoms with Crippen molar-refractivity contribution in [3.8, 4) is 11.5 Å². The van der Waals surface area contributed by atoms with Gasteiger partial charge in [0.25, 0.3) is 15.9 Å². The second kappa shape index (κ2) is 11.6. The Bertz CT molecular complexity index is 1350. The molecule has 0 atom stereocenters. The van der Waals surface area contributed by atoms with E-state index in [1.54, 1.807) is 42.5 Å². The third-order valence-corrected chi connectivity index (χ3v) is 7.46. The van der Waals surface area contributed by atoms with Crippen LogP contribution < -0.4 is 19.2 Å². The number of carbonyl (C=O) groups is 1. The molecule has 0 aliphatic heterocycles. The number of anilines is 1. The number of halogens is 2. The first-order valence-corrected chi connectivity index (χ1v) is 12.8. The van der Waals surface area contributed by atoms with E-state index in [9.17, 15) is 13.2 Å². The van der Waals surface area contributed by atoms with Crippen LogP contribution in [0.4, 0.5) is 5.69 Å². The van der Waals surface area contributed by atoms with Crippen LogP contribution in [-0.2, 0) is 14.8 Å². The van der Waals surface area contributed by atoms with Crippen LogP contribution in [0.3, 0.4) is 0 Å². The largest absolute Gasteiger partial charge is 0.493 e. The minimum Gasteiger partial charge on any atom is -0.493 e. The minimum atomic E-state index is -4.06. The molecule has 184 valence electrons. The van der Waals surface area contributed by atoms with Crippen molar-refractivity contribution in [2.45, 2.75) is 11.8 Å². The fraction of sp³-hybridized carbons (Fsp3) is 0.167. The molecule has 3 aromatic rings. The predicted octanol–water partition coefficient (Wildman–Crippen LogP) is 4.77. The number of benzene rings is 3. The molecule has 8 nitrogen and oxygen atoms in total.